The first-order valence-electron chi connectivity index (χ1n) is 5.95. The van der Waals surface area contributed by atoms with Crippen LogP contribution in [0.5, 0.6) is 5.75 Å². The van der Waals surface area contributed by atoms with Gasteiger partial charge < -0.3 is 15.8 Å². The average Bonchev–Trinajstić information content (AvgIpc) is 2.39. The fraction of sp³-hybridized carbons (Fsp3) is 0.143. The van der Waals surface area contributed by atoms with Crippen molar-refractivity contribution in [1.29, 1.82) is 0 Å². The molecule has 0 saturated carbocycles. The smallest absolute Gasteiger partial charge is 0.167 e. The van der Waals surface area contributed by atoms with E-state index < -0.39 is 5.82 Å². The first kappa shape index (κ1) is 14.8. The van der Waals surface area contributed by atoms with Crippen molar-refractivity contribution < 1.29 is 13.5 Å². The maximum atomic E-state index is 13.7. The summed E-state index contributed by atoms with van der Waals surface area (Å²) >= 11 is 1.86. The van der Waals surface area contributed by atoms with Gasteiger partial charge in [-0.2, -0.15) is 0 Å². The molecule has 0 unspecified atom stereocenters. The van der Waals surface area contributed by atoms with E-state index in [1.165, 1.54) is 24.3 Å². The molecule has 3 N–H and O–H groups in total. The third kappa shape index (κ3) is 3.30. The summed E-state index contributed by atoms with van der Waals surface area (Å²) in [6, 6.07) is 7.23. The van der Waals surface area contributed by atoms with Crippen molar-refractivity contribution in [3.63, 3.8) is 0 Å². The molecule has 2 rings (SSSR count). The molecule has 0 saturated heterocycles. The van der Waals surface area contributed by atoms with Crippen LogP contribution in [0.3, 0.4) is 0 Å². The molecule has 2 aromatic carbocycles. The highest BCUT2D eigenvalue weighted by Gasteiger charge is 2.08. The molecule has 2 aromatic rings. The molecule has 0 aliphatic rings. The van der Waals surface area contributed by atoms with Gasteiger partial charge in [0.25, 0.3) is 0 Å². The minimum absolute atomic E-state index is 0.180. The lowest BCUT2D eigenvalue weighted by Gasteiger charge is -2.12. The fourth-order valence-corrected chi connectivity index (χ4v) is 2.17. The highest BCUT2D eigenvalue weighted by molar-refractivity contribution is 14.1. The van der Waals surface area contributed by atoms with Gasteiger partial charge in [-0.1, -0.05) is 0 Å². The first-order valence-corrected chi connectivity index (χ1v) is 7.03. The second kappa shape index (κ2) is 6.25. The van der Waals surface area contributed by atoms with Gasteiger partial charge in [0.15, 0.2) is 11.6 Å². The minimum atomic E-state index is -0.485. The first-order chi connectivity index (χ1) is 9.51. The van der Waals surface area contributed by atoms with Crippen LogP contribution in [0.25, 0.3) is 0 Å². The zero-order chi connectivity index (χ0) is 14.7. The van der Waals surface area contributed by atoms with Crippen molar-refractivity contribution in [2.24, 2.45) is 0 Å². The molecule has 0 bridgehead atoms. The Morgan fingerprint density at radius 1 is 1.20 bits per heavy atom. The number of halogens is 3. The molecule has 0 amide bonds. The topological polar surface area (TPSA) is 47.3 Å². The van der Waals surface area contributed by atoms with Crippen LogP contribution in [0.1, 0.15) is 6.92 Å². The predicted molar refractivity (Wildman–Crippen MR) is 84.4 cm³/mol. The van der Waals surface area contributed by atoms with Crippen LogP contribution in [0.2, 0.25) is 0 Å². The van der Waals surface area contributed by atoms with Gasteiger partial charge in [-0.3, -0.25) is 0 Å². The van der Waals surface area contributed by atoms with Crippen LogP contribution in [-0.4, -0.2) is 6.61 Å². The zero-order valence-electron chi connectivity index (χ0n) is 10.7. The lowest BCUT2D eigenvalue weighted by atomic mass is 10.2. The largest absolute Gasteiger partial charge is 0.491 e. The quantitative estimate of drug-likeness (QED) is 0.605. The Morgan fingerprint density at radius 3 is 2.60 bits per heavy atom. The van der Waals surface area contributed by atoms with Crippen LogP contribution >= 0.6 is 22.6 Å². The molecular weight excluding hydrogens is 377 g/mol. The SMILES string of the molecule is CCOc1ccc(Nc2cc(F)c(I)cc2N)cc1F. The molecule has 0 heterocycles. The Labute approximate surface area is 129 Å². The Morgan fingerprint density at radius 2 is 1.95 bits per heavy atom. The third-order valence-corrected chi connectivity index (χ3v) is 3.43. The van der Waals surface area contributed by atoms with E-state index in [0.29, 0.717) is 27.2 Å². The number of nitrogens with two attached hydrogens (primary N) is 1. The maximum Gasteiger partial charge on any atom is 0.167 e. The van der Waals surface area contributed by atoms with Crippen LogP contribution in [0.4, 0.5) is 25.8 Å². The summed E-state index contributed by atoms with van der Waals surface area (Å²) in [5, 5.41) is 2.89. The van der Waals surface area contributed by atoms with E-state index in [-0.39, 0.29) is 11.6 Å². The van der Waals surface area contributed by atoms with E-state index in [1.54, 1.807) is 13.0 Å². The molecule has 0 aromatic heterocycles. The number of rotatable bonds is 4. The zero-order valence-corrected chi connectivity index (χ0v) is 12.9. The number of anilines is 3. The van der Waals surface area contributed by atoms with Crippen LogP contribution in [0, 0.1) is 15.2 Å². The summed E-state index contributed by atoms with van der Waals surface area (Å²) in [6.45, 7) is 2.17. The second-order valence-electron chi connectivity index (χ2n) is 4.06. The number of nitrogen functional groups attached to an aromatic ring is 1. The standard InChI is InChI=1S/C14H13F2IN2O/c1-2-20-14-4-3-8(5-10(14)16)19-13-6-9(15)11(17)7-12(13)18/h3-7,19H,2,18H2,1H3. The highest BCUT2D eigenvalue weighted by atomic mass is 127. The Hall–Kier alpha value is -1.57. The Kier molecular flexibility index (Phi) is 4.64. The summed E-state index contributed by atoms with van der Waals surface area (Å²) in [5.74, 6) is -0.685. The second-order valence-corrected chi connectivity index (χ2v) is 5.22. The molecule has 3 nitrogen and oxygen atoms in total. The molecule has 20 heavy (non-hydrogen) atoms. The Balaban J connectivity index is 2.26. The third-order valence-electron chi connectivity index (χ3n) is 2.60. The van der Waals surface area contributed by atoms with Crippen molar-refractivity contribution in [3.05, 3.63) is 45.5 Å². The van der Waals surface area contributed by atoms with Gasteiger partial charge in [0, 0.05) is 17.8 Å². The highest BCUT2D eigenvalue weighted by Crippen LogP contribution is 2.29. The van der Waals surface area contributed by atoms with E-state index >= 15 is 0 Å². The number of nitrogens with one attached hydrogen (secondary N) is 1. The van der Waals surface area contributed by atoms with Crippen molar-refractivity contribution in [2.75, 3.05) is 17.7 Å². The summed E-state index contributed by atoms with van der Waals surface area (Å²) < 4.78 is 32.8. The van der Waals surface area contributed by atoms with E-state index in [1.807, 2.05) is 22.6 Å². The minimum Gasteiger partial charge on any atom is -0.491 e. The van der Waals surface area contributed by atoms with Crippen LogP contribution < -0.4 is 15.8 Å². The number of ether oxygens (including phenoxy) is 1. The van der Waals surface area contributed by atoms with Crippen molar-refractivity contribution in [2.45, 2.75) is 6.92 Å². The average molecular weight is 390 g/mol. The van der Waals surface area contributed by atoms with Crippen molar-refractivity contribution in [3.8, 4) is 5.75 Å². The Bertz CT molecular complexity index is 635. The van der Waals surface area contributed by atoms with Crippen LogP contribution in [0.15, 0.2) is 30.3 Å². The van der Waals surface area contributed by atoms with Gasteiger partial charge >= 0.3 is 0 Å². The van der Waals surface area contributed by atoms with E-state index in [9.17, 15) is 8.78 Å². The molecule has 0 radical (unpaired) electrons. The number of hydrogen-bond donors (Lipinski definition) is 2. The lowest BCUT2D eigenvalue weighted by molar-refractivity contribution is 0.321. The molecule has 0 spiro atoms. The molecule has 0 fully saturated rings. The van der Waals surface area contributed by atoms with Gasteiger partial charge in [0.05, 0.1) is 21.6 Å². The monoisotopic (exact) mass is 390 g/mol. The molecule has 0 atom stereocenters. The van der Waals surface area contributed by atoms with Crippen LogP contribution in [-0.2, 0) is 0 Å². The number of benzene rings is 2. The summed E-state index contributed by atoms with van der Waals surface area (Å²) in [7, 11) is 0. The predicted octanol–water partition coefficient (Wildman–Crippen LogP) is 4.29. The van der Waals surface area contributed by atoms with E-state index in [4.69, 9.17) is 10.5 Å². The number of hydrogen-bond acceptors (Lipinski definition) is 3. The summed E-state index contributed by atoms with van der Waals surface area (Å²) in [6.07, 6.45) is 0. The van der Waals surface area contributed by atoms with Crippen molar-refractivity contribution >= 4 is 39.7 Å². The molecular formula is C14H13F2IN2O. The summed E-state index contributed by atoms with van der Waals surface area (Å²) in [5.41, 5.74) is 7.06. The molecule has 0 aliphatic heterocycles. The van der Waals surface area contributed by atoms with E-state index in [0.717, 1.165) is 0 Å². The fourth-order valence-electron chi connectivity index (χ4n) is 1.68. The molecule has 6 heteroatoms. The molecule has 0 aliphatic carbocycles. The van der Waals surface area contributed by atoms with Crippen molar-refractivity contribution in [1.82, 2.24) is 0 Å². The van der Waals surface area contributed by atoms with Gasteiger partial charge in [-0.25, -0.2) is 8.78 Å². The van der Waals surface area contributed by atoms with Gasteiger partial charge in [-0.15, -0.1) is 0 Å². The summed E-state index contributed by atoms with van der Waals surface area (Å²) in [4.78, 5) is 0. The van der Waals surface area contributed by atoms with Gasteiger partial charge in [0.2, 0.25) is 0 Å². The van der Waals surface area contributed by atoms with E-state index in [2.05, 4.69) is 5.32 Å². The van der Waals surface area contributed by atoms with Gasteiger partial charge in [-0.05, 0) is 47.7 Å². The van der Waals surface area contributed by atoms with Gasteiger partial charge in [0.1, 0.15) is 5.82 Å². The maximum absolute atomic E-state index is 13.7. The normalized spacial score (nSPS) is 10.4. The molecule has 106 valence electrons. The lowest BCUT2D eigenvalue weighted by Crippen LogP contribution is -2.00.